The van der Waals surface area contributed by atoms with Crippen molar-refractivity contribution in [2.75, 3.05) is 13.1 Å². The first-order chi connectivity index (χ1) is 8.90. The Morgan fingerprint density at radius 3 is 2.26 bits per heavy atom. The lowest BCUT2D eigenvalue weighted by Crippen LogP contribution is -2.53. The molecule has 2 heteroatoms. The molecular weight excluding hydrogens is 232 g/mol. The highest BCUT2D eigenvalue weighted by atomic mass is 15.0. The van der Waals surface area contributed by atoms with Crippen molar-refractivity contribution in [1.82, 2.24) is 5.32 Å². The molecule has 2 nitrogen and oxygen atoms in total. The molecule has 0 saturated heterocycles. The SMILES string of the molecule is CC1CCCC(CN)(NCC(C(C)C)C(C)C)CC1. The van der Waals surface area contributed by atoms with Gasteiger partial charge in [-0.15, -0.1) is 0 Å². The van der Waals surface area contributed by atoms with Crippen molar-refractivity contribution >= 4 is 0 Å². The van der Waals surface area contributed by atoms with Crippen LogP contribution in [-0.2, 0) is 0 Å². The Labute approximate surface area is 120 Å². The van der Waals surface area contributed by atoms with E-state index in [0.717, 1.165) is 36.8 Å². The molecule has 0 amide bonds. The highest BCUT2D eigenvalue weighted by Crippen LogP contribution is 2.30. The summed E-state index contributed by atoms with van der Waals surface area (Å²) in [7, 11) is 0. The number of hydrogen-bond acceptors (Lipinski definition) is 2. The zero-order valence-corrected chi connectivity index (χ0v) is 13.8. The van der Waals surface area contributed by atoms with Gasteiger partial charge in [0, 0.05) is 12.1 Å². The van der Waals surface area contributed by atoms with E-state index in [9.17, 15) is 0 Å². The van der Waals surface area contributed by atoms with E-state index >= 15 is 0 Å². The maximum absolute atomic E-state index is 6.13. The molecule has 0 spiro atoms. The third-order valence-electron chi connectivity index (χ3n) is 5.28. The zero-order chi connectivity index (χ0) is 14.5. The Balaban J connectivity index is 2.59. The second-order valence-electron chi connectivity index (χ2n) is 7.55. The lowest BCUT2D eigenvalue weighted by Gasteiger charge is -2.36. The van der Waals surface area contributed by atoms with Crippen LogP contribution in [-0.4, -0.2) is 18.6 Å². The smallest absolute Gasteiger partial charge is 0.0304 e. The van der Waals surface area contributed by atoms with Crippen LogP contribution in [0.15, 0.2) is 0 Å². The molecule has 1 saturated carbocycles. The summed E-state index contributed by atoms with van der Waals surface area (Å²) >= 11 is 0. The van der Waals surface area contributed by atoms with E-state index in [1.165, 1.54) is 32.1 Å². The first-order valence-electron chi connectivity index (χ1n) is 8.35. The lowest BCUT2D eigenvalue weighted by atomic mass is 9.83. The molecule has 0 aliphatic heterocycles. The summed E-state index contributed by atoms with van der Waals surface area (Å²) in [6, 6.07) is 0. The van der Waals surface area contributed by atoms with E-state index in [1.807, 2.05) is 0 Å². The fourth-order valence-corrected chi connectivity index (χ4v) is 3.61. The normalized spacial score (nSPS) is 29.2. The maximum Gasteiger partial charge on any atom is 0.0304 e. The van der Waals surface area contributed by atoms with Crippen LogP contribution in [0, 0.1) is 23.7 Å². The van der Waals surface area contributed by atoms with E-state index < -0.39 is 0 Å². The quantitative estimate of drug-likeness (QED) is 0.719. The molecule has 0 heterocycles. The maximum atomic E-state index is 6.13. The fraction of sp³-hybridized carbons (Fsp3) is 1.00. The molecule has 0 radical (unpaired) electrons. The van der Waals surface area contributed by atoms with Crippen molar-refractivity contribution in [3.05, 3.63) is 0 Å². The third-order valence-corrected chi connectivity index (χ3v) is 5.28. The van der Waals surface area contributed by atoms with Gasteiger partial charge in [0.15, 0.2) is 0 Å². The molecule has 2 atom stereocenters. The minimum atomic E-state index is 0.215. The van der Waals surface area contributed by atoms with Crippen LogP contribution in [0.4, 0.5) is 0 Å². The Kier molecular flexibility index (Phi) is 6.82. The molecule has 114 valence electrons. The molecule has 1 fully saturated rings. The summed E-state index contributed by atoms with van der Waals surface area (Å²) < 4.78 is 0. The first kappa shape index (κ1) is 17.0. The molecule has 0 bridgehead atoms. The summed E-state index contributed by atoms with van der Waals surface area (Å²) in [6.45, 7) is 13.7. The summed E-state index contributed by atoms with van der Waals surface area (Å²) in [5.74, 6) is 3.12. The molecular formula is C17H36N2. The van der Waals surface area contributed by atoms with Gasteiger partial charge in [-0.2, -0.15) is 0 Å². The highest BCUT2D eigenvalue weighted by Gasteiger charge is 2.31. The average Bonchev–Trinajstić information content (AvgIpc) is 2.52. The van der Waals surface area contributed by atoms with Crippen LogP contribution in [0.1, 0.15) is 66.7 Å². The van der Waals surface area contributed by atoms with Gasteiger partial charge in [0.25, 0.3) is 0 Å². The standard InChI is InChI=1S/C17H36N2/c1-13(2)16(14(3)4)11-19-17(12-18)9-6-7-15(5)8-10-17/h13-16,19H,6-12,18H2,1-5H3. The van der Waals surface area contributed by atoms with Crippen LogP contribution in [0.25, 0.3) is 0 Å². The van der Waals surface area contributed by atoms with Gasteiger partial charge in [0.05, 0.1) is 0 Å². The van der Waals surface area contributed by atoms with Gasteiger partial charge in [-0.3, -0.25) is 0 Å². The first-order valence-corrected chi connectivity index (χ1v) is 8.35. The van der Waals surface area contributed by atoms with Crippen molar-refractivity contribution < 1.29 is 0 Å². The van der Waals surface area contributed by atoms with Crippen molar-refractivity contribution in [3.63, 3.8) is 0 Å². The van der Waals surface area contributed by atoms with Crippen molar-refractivity contribution in [3.8, 4) is 0 Å². The lowest BCUT2D eigenvalue weighted by molar-refractivity contribution is 0.215. The predicted octanol–water partition coefficient (Wildman–Crippen LogP) is 3.80. The Hall–Kier alpha value is -0.0800. The van der Waals surface area contributed by atoms with Gasteiger partial charge in [-0.05, 0) is 49.5 Å². The number of nitrogens with two attached hydrogens (primary N) is 1. The third kappa shape index (κ3) is 5.07. The monoisotopic (exact) mass is 268 g/mol. The summed E-state index contributed by atoms with van der Waals surface area (Å²) in [4.78, 5) is 0. The number of nitrogens with one attached hydrogen (secondary N) is 1. The van der Waals surface area contributed by atoms with E-state index in [1.54, 1.807) is 0 Å². The highest BCUT2D eigenvalue weighted by molar-refractivity contribution is 4.92. The molecule has 19 heavy (non-hydrogen) atoms. The molecule has 0 aromatic heterocycles. The predicted molar refractivity (Wildman–Crippen MR) is 85.2 cm³/mol. The topological polar surface area (TPSA) is 38.0 Å². The number of hydrogen-bond donors (Lipinski definition) is 2. The average molecular weight is 268 g/mol. The van der Waals surface area contributed by atoms with Gasteiger partial charge in [0.1, 0.15) is 0 Å². The van der Waals surface area contributed by atoms with Gasteiger partial charge < -0.3 is 11.1 Å². The molecule has 1 aliphatic carbocycles. The van der Waals surface area contributed by atoms with Crippen LogP contribution >= 0.6 is 0 Å². The second kappa shape index (κ2) is 7.64. The molecule has 3 N–H and O–H groups in total. The number of rotatable bonds is 6. The van der Waals surface area contributed by atoms with Crippen molar-refractivity contribution in [1.29, 1.82) is 0 Å². The molecule has 1 aliphatic rings. The van der Waals surface area contributed by atoms with Crippen molar-refractivity contribution in [2.24, 2.45) is 29.4 Å². The Bertz CT molecular complexity index is 242. The van der Waals surface area contributed by atoms with Crippen LogP contribution in [0.3, 0.4) is 0 Å². The van der Waals surface area contributed by atoms with Crippen LogP contribution < -0.4 is 11.1 Å². The van der Waals surface area contributed by atoms with Crippen LogP contribution in [0.5, 0.6) is 0 Å². The summed E-state index contributed by atoms with van der Waals surface area (Å²) in [5, 5.41) is 3.88. The summed E-state index contributed by atoms with van der Waals surface area (Å²) in [6.07, 6.45) is 6.56. The molecule has 0 aromatic carbocycles. The van der Waals surface area contributed by atoms with E-state index in [-0.39, 0.29) is 5.54 Å². The minimum absolute atomic E-state index is 0.215. The van der Waals surface area contributed by atoms with Gasteiger partial charge >= 0.3 is 0 Å². The minimum Gasteiger partial charge on any atom is -0.329 e. The van der Waals surface area contributed by atoms with E-state index in [4.69, 9.17) is 5.73 Å². The summed E-state index contributed by atoms with van der Waals surface area (Å²) in [5.41, 5.74) is 6.34. The molecule has 0 aromatic rings. The second-order valence-corrected chi connectivity index (χ2v) is 7.55. The molecule has 1 rings (SSSR count). The van der Waals surface area contributed by atoms with E-state index in [0.29, 0.717) is 0 Å². The largest absolute Gasteiger partial charge is 0.329 e. The fourth-order valence-electron chi connectivity index (χ4n) is 3.61. The van der Waals surface area contributed by atoms with Gasteiger partial charge in [-0.25, -0.2) is 0 Å². The Morgan fingerprint density at radius 2 is 1.74 bits per heavy atom. The van der Waals surface area contributed by atoms with Crippen LogP contribution in [0.2, 0.25) is 0 Å². The van der Waals surface area contributed by atoms with Gasteiger partial charge in [0.2, 0.25) is 0 Å². The van der Waals surface area contributed by atoms with E-state index in [2.05, 4.69) is 39.9 Å². The van der Waals surface area contributed by atoms with Gasteiger partial charge in [-0.1, -0.05) is 47.5 Å². The zero-order valence-electron chi connectivity index (χ0n) is 13.8. The Morgan fingerprint density at radius 1 is 1.11 bits per heavy atom. The molecule has 2 unspecified atom stereocenters. The van der Waals surface area contributed by atoms with Crippen molar-refractivity contribution in [2.45, 2.75) is 72.3 Å².